The van der Waals surface area contributed by atoms with E-state index < -0.39 is 4.92 Å². The standard InChI is InChI=1S/C13H19N3O4/c14-15-12-7-11(1-2-13(12)16(17)18)9-20-8-10-3-5-19-6-4-10/h1-2,7,10,15H,3-6,8-9,14H2. The monoisotopic (exact) mass is 281 g/mol. The highest BCUT2D eigenvalue weighted by Crippen LogP contribution is 2.25. The quantitative estimate of drug-likeness (QED) is 0.469. The molecule has 1 aromatic rings. The number of benzene rings is 1. The number of anilines is 1. The van der Waals surface area contributed by atoms with Crippen molar-refractivity contribution in [2.45, 2.75) is 19.4 Å². The molecule has 7 nitrogen and oxygen atoms in total. The summed E-state index contributed by atoms with van der Waals surface area (Å²) in [5, 5.41) is 10.8. The number of hydrogen-bond acceptors (Lipinski definition) is 6. The van der Waals surface area contributed by atoms with Gasteiger partial charge in [0.2, 0.25) is 0 Å². The van der Waals surface area contributed by atoms with E-state index in [4.69, 9.17) is 15.3 Å². The van der Waals surface area contributed by atoms with Gasteiger partial charge >= 0.3 is 0 Å². The molecule has 2 rings (SSSR count). The van der Waals surface area contributed by atoms with Crippen LogP contribution in [0.15, 0.2) is 18.2 Å². The second-order valence-electron chi connectivity index (χ2n) is 4.82. The first-order chi connectivity index (χ1) is 9.70. The lowest BCUT2D eigenvalue weighted by Gasteiger charge is -2.21. The highest BCUT2D eigenvalue weighted by molar-refractivity contribution is 5.61. The molecule has 1 aliphatic rings. The fourth-order valence-corrected chi connectivity index (χ4v) is 2.20. The molecule has 0 spiro atoms. The molecule has 110 valence electrons. The van der Waals surface area contributed by atoms with E-state index in [1.807, 2.05) is 0 Å². The average molecular weight is 281 g/mol. The summed E-state index contributed by atoms with van der Waals surface area (Å²) in [6.07, 6.45) is 2.05. The van der Waals surface area contributed by atoms with Crippen LogP contribution in [0.2, 0.25) is 0 Å². The van der Waals surface area contributed by atoms with Gasteiger partial charge in [0.1, 0.15) is 5.69 Å². The van der Waals surface area contributed by atoms with Gasteiger partial charge in [-0.25, -0.2) is 0 Å². The second-order valence-corrected chi connectivity index (χ2v) is 4.82. The predicted octanol–water partition coefficient (Wildman–Crippen LogP) is 1.82. The first-order valence-electron chi connectivity index (χ1n) is 6.60. The van der Waals surface area contributed by atoms with Gasteiger partial charge in [-0.05, 0) is 36.5 Å². The number of ether oxygens (including phenoxy) is 2. The van der Waals surface area contributed by atoms with Crippen LogP contribution in [0.1, 0.15) is 18.4 Å². The summed E-state index contributed by atoms with van der Waals surface area (Å²) >= 11 is 0. The van der Waals surface area contributed by atoms with E-state index in [1.54, 1.807) is 12.1 Å². The fourth-order valence-electron chi connectivity index (χ4n) is 2.20. The maximum atomic E-state index is 10.8. The van der Waals surface area contributed by atoms with Gasteiger partial charge in [0.25, 0.3) is 5.69 Å². The average Bonchev–Trinajstić information content (AvgIpc) is 2.48. The Labute approximate surface area is 117 Å². The van der Waals surface area contributed by atoms with Crippen LogP contribution in [0, 0.1) is 16.0 Å². The molecule has 1 heterocycles. The molecule has 0 saturated carbocycles. The van der Waals surface area contributed by atoms with Crippen molar-refractivity contribution in [3.05, 3.63) is 33.9 Å². The fraction of sp³-hybridized carbons (Fsp3) is 0.538. The van der Waals surface area contributed by atoms with E-state index in [0.29, 0.717) is 24.8 Å². The van der Waals surface area contributed by atoms with Crippen LogP contribution in [0.3, 0.4) is 0 Å². The van der Waals surface area contributed by atoms with Gasteiger partial charge in [0.05, 0.1) is 18.1 Å². The van der Waals surface area contributed by atoms with Gasteiger partial charge < -0.3 is 14.9 Å². The van der Waals surface area contributed by atoms with Crippen LogP contribution in [-0.2, 0) is 16.1 Å². The summed E-state index contributed by atoms with van der Waals surface area (Å²) in [5.74, 6) is 5.83. The first-order valence-corrected chi connectivity index (χ1v) is 6.60. The minimum absolute atomic E-state index is 0.0410. The Balaban J connectivity index is 1.87. The molecule has 20 heavy (non-hydrogen) atoms. The smallest absolute Gasteiger partial charge is 0.293 e. The normalized spacial score (nSPS) is 16.1. The number of nitro benzene ring substituents is 1. The number of nitrogens with two attached hydrogens (primary N) is 1. The van der Waals surface area contributed by atoms with Crippen LogP contribution >= 0.6 is 0 Å². The molecular formula is C13H19N3O4. The van der Waals surface area contributed by atoms with Crippen molar-refractivity contribution in [2.75, 3.05) is 25.2 Å². The first kappa shape index (κ1) is 14.7. The molecule has 0 bridgehead atoms. The topological polar surface area (TPSA) is 99.7 Å². The van der Waals surface area contributed by atoms with Gasteiger partial charge in [-0.15, -0.1) is 0 Å². The molecule has 0 radical (unpaired) electrons. The summed E-state index contributed by atoms with van der Waals surface area (Å²) in [6.45, 7) is 2.70. The van der Waals surface area contributed by atoms with Crippen LogP contribution < -0.4 is 11.3 Å². The molecule has 1 saturated heterocycles. The third-order valence-electron chi connectivity index (χ3n) is 3.38. The van der Waals surface area contributed by atoms with Crippen LogP contribution in [0.25, 0.3) is 0 Å². The molecule has 0 aliphatic carbocycles. The molecular weight excluding hydrogens is 262 g/mol. The number of nitrogens with one attached hydrogen (secondary N) is 1. The third kappa shape index (κ3) is 3.89. The van der Waals surface area contributed by atoms with E-state index in [1.165, 1.54) is 6.07 Å². The molecule has 1 fully saturated rings. The van der Waals surface area contributed by atoms with Crippen molar-refractivity contribution < 1.29 is 14.4 Å². The van der Waals surface area contributed by atoms with Crippen molar-refractivity contribution in [3.8, 4) is 0 Å². The van der Waals surface area contributed by atoms with Gasteiger partial charge in [-0.1, -0.05) is 0 Å². The highest BCUT2D eigenvalue weighted by atomic mass is 16.6. The number of rotatable bonds is 6. The van der Waals surface area contributed by atoms with Crippen molar-refractivity contribution in [1.29, 1.82) is 0 Å². The Morgan fingerprint density at radius 1 is 1.45 bits per heavy atom. The summed E-state index contributed by atoms with van der Waals surface area (Å²) < 4.78 is 11.0. The summed E-state index contributed by atoms with van der Waals surface area (Å²) in [7, 11) is 0. The Bertz CT molecular complexity index is 461. The zero-order chi connectivity index (χ0) is 14.4. The molecule has 1 aliphatic heterocycles. The Hall–Kier alpha value is -1.70. The van der Waals surface area contributed by atoms with E-state index in [0.717, 1.165) is 31.6 Å². The van der Waals surface area contributed by atoms with E-state index in [9.17, 15) is 10.1 Å². The maximum absolute atomic E-state index is 10.8. The zero-order valence-electron chi connectivity index (χ0n) is 11.2. The molecule has 7 heteroatoms. The minimum Gasteiger partial charge on any atom is -0.381 e. The molecule has 0 unspecified atom stereocenters. The van der Waals surface area contributed by atoms with Crippen LogP contribution in [-0.4, -0.2) is 24.7 Å². The molecule has 1 aromatic carbocycles. The van der Waals surface area contributed by atoms with Crippen LogP contribution in [0.4, 0.5) is 11.4 Å². The molecule has 0 amide bonds. The van der Waals surface area contributed by atoms with Crippen molar-refractivity contribution in [1.82, 2.24) is 0 Å². The molecule has 3 N–H and O–H groups in total. The van der Waals surface area contributed by atoms with Crippen molar-refractivity contribution in [2.24, 2.45) is 11.8 Å². The second kappa shape index (κ2) is 7.18. The van der Waals surface area contributed by atoms with Crippen LogP contribution in [0.5, 0.6) is 0 Å². The maximum Gasteiger partial charge on any atom is 0.293 e. The number of nitro groups is 1. The van der Waals surface area contributed by atoms with E-state index in [-0.39, 0.29) is 5.69 Å². The largest absolute Gasteiger partial charge is 0.381 e. The number of hydrogen-bond donors (Lipinski definition) is 2. The minimum atomic E-state index is -0.470. The lowest BCUT2D eigenvalue weighted by Crippen LogP contribution is -2.20. The van der Waals surface area contributed by atoms with Gasteiger partial charge in [0, 0.05) is 19.3 Å². The van der Waals surface area contributed by atoms with Gasteiger partial charge in [0.15, 0.2) is 0 Å². The zero-order valence-corrected chi connectivity index (χ0v) is 11.2. The summed E-state index contributed by atoms with van der Waals surface area (Å²) in [6, 6.07) is 4.76. The Morgan fingerprint density at radius 2 is 2.20 bits per heavy atom. The lowest BCUT2D eigenvalue weighted by molar-refractivity contribution is -0.384. The SMILES string of the molecule is NNc1cc(COCC2CCOCC2)ccc1[N+](=O)[O-]. The van der Waals surface area contributed by atoms with Gasteiger partial charge in [-0.3, -0.25) is 16.0 Å². The summed E-state index contributed by atoms with van der Waals surface area (Å²) in [4.78, 5) is 10.3. The number of nitrogen functional groups attached to an aromatic ring is 1. The van der Waals surface area contributed by atoms with Crippen molar-refractivity contribution >= 4 is 11.4 Å². The Morgan fingerprint density at radius 3 is 2.85 bits per heavy atom. The number of hydrazine groups is 1. The highest BCUT2D eigenvalue weighted by Gasteiger charge is 2.15. The van der Waals surface area contributed by atoms with E-state index >= 15 is 0 Å². The number of nitrogens with zero attached hydrogens (tertiary/aromatic N) is 1. The van der Waals surface area contributed by atoms with E-state index in [2.05, 4.69) is 5.43 Å². The van der Waals surface area contributed by atoms with Gasteiger partial charge in [-0.2, -0.15) is 0 Å². The predicted molar refractivity (Wildman–Crippen MR) is 74.1 cm³/mol. The molecule has 0 atom stereocenters. The summed E-state index contributed by atoms with van der Waals surface area (Å²) in [5.41, 5.74) is 3.45. The Kier molecular flexibility index (Phi) is 5.28. The van der Waals surface area contributed by atoms with Crippen molar-refractivity contribution in [3.63, 3.8) is 0 Å². The lowest BCUT2D eigenvalue weighted by atomic mass is 10.0. The third-order valence-corrected chi connectivity index (χ3v) is 3.38. The molecule has 0 aromatic heterocycles.